The summed E-state index contributed by atoms with van der Waals surface area (Å²) in [7, 11) is 5.20. The first kappa shape index (κ1) is 21.6. The van der Waals surface area contributed by atoms with Crippen molar-refractivity contribution >= 4 is 28.2 Å². The Morgan fingerprint density at radius 2 is 1.90 bits per heavy atom. The summed E-state index contributed by atoms with van der Waals surface area (Å²) >= 11 is 0. The number of allylic oxidation sites excluding steroid dienone is 1. The molecule has 0 fully saturated rings. The Morgan fingerprint density at radius 3 is 2.61 bits per heavy atom. The third-order valence-electron chi connectivity index (χ3n) is 6.56. The topological polar surface area (TPSA) is 79.0 Å². The van der Waals surface area contributed by atoms with Crippen LogP contribution in [0.15, 0.2) is 29.0 Å². The molecule has 7 nitrogen and oxygen atoms in total. The summed E-state index contributed by atoms with van der Waals surface area (Å²) in [6.07, 6.45) is 5.35. The van der Waals surface area contributed by atoms with E-state index >= 15 is 0 Å². The van der Waals surface area contributed by atoms with E-state index in [0.29, 0.717) is 19.6 Å². The summed E-state index contributed by atoms with van der Waals surface area (Å²) < 4.78 is 11.1. The van der Waals surface area contributed by atoms with Crippen LogP contribution in [0.4, 0.5) is 5.69 Å². The average Bonchev–Trinajstić information content (AvgIpc) is 3.09. The molecular formula is C24H32N4O3. The number of amides is 1. The molecule has 4 rings (SSSR count). The minimum atomic E-state index is -0.503. The minimum absolute atomic E-state index is 0.0790. The van der Waals surface area contributed by atoms with Gasteiger partial charge in [0.2, 0.25) is 5.91 Å². The van der Waals surface area contributed by atoms with Crippen molar-refractivity contribution in [2.24, 2.45) is 5.10 Å². The first-order valence-corrected chi connectivity index (χ1v) is 10.8. The summed E-state index contributed by atoms with van der Waals surface area (Å²) in [6.45, 7) is 4.99. The maximum absolute atomic E-state index is 12.9. The van der Waals surface area contributed by atoms with Crippen molar-refractivity contribution < 1.29 is 14.3 Å². The largest absolute Gasteiger partial charge is 0.384 e. The van der Waals surface area contributed by atoms with Crippen LogP contribution in [0.5, 0.6) is 0 Å². The zero-order valence-corrected chi connectivity index (χ0v) is 19.1. The molecule has 2 aliphatic heterocycles. The van der Waals surface area contributed by atoms with Crippen LogP contribution in [-0.4, -0.2) is 51.1 Å². The molecule has 166 valence electrons. The van der Waals surface area contributed by atoms with Gasteiger partial charge in [0.1, 0.15) is 0 Å². The van der Waals surface area contributed by atoms with E-state index in [1.54, 1.807) is 19.1 Å². The Morgan fingerprint density at radius 1 is 1.16 bits per heavy atom. The van der Waals surface area contributed by atoms with Crippen LogP contribution in [-0.2, 0) is 26.1 Å². The van der Waals surface area contributed by atoms with E-state index < -0.39 is 5.41 Å². The monoisotopic (exact) mass is 424 g/mol. The lowest BCUT2D eigenvalue weighted by molar-refractivity contribution is -0.121. The molecule has 0 aliphatic carbocycles. The number of nitrogens with zero attached hydrogens (tertiary/aromatic N) is 2. The first-order valence-electron chi connectivity index (χ1n) is 10.8. The highest BCUT2D eigenvalue weighted by atomic mass is 16.5. The molecule has 3 heterocycles. The molecule has 0 bridgehead atoms. The molecule has 0 saturated heterocycles. The third-order valence-corrected chi connectivity index (χ3v) is 6.56. The fourth-order valence-electron chi connectivity index (χ4n) is 4.96. The fraction of sp³-hybridized carbons (Fsp3) is 0.500. The Balaban J connectivity index is 1.93. The van der Waals surface area contributed by atoms with Crippen LogP contribution in [0.25, 0.3) is 10.9 Å². The number of hydrazone groups is 1. The second kappa shape index (κ2) is 8.48. The van der Waals surface area contributed by atoms with Gasteiger partial charge in [-0.15, -0.1) is 0 Å². The number of methoxy groups -OCH3 is 2. The number of aryl methyl sites for hydroxylation is 1. The summed E-state index contributed by atoms with van der Waals surface area (Å²) in [5.74, 6) is 0.0790. The number of nitrogens with one attached hydrogen (secondary N) is 2. The van der Waals surface area contributed by atoms with Crippen molar-refractivity contribution in [2.75, 3.05) is 39.4 Å². The number of hydrogen-bond donors (Lipinski definition) is 2. The number of anilines is 1. The van der Waals surface area contributed by atoms with Gasteiger partial charge in [0.25, 0.3) is 0 Å². The zero-order valence-electron chi connectivity index (χ0n) is 19.1. The van der Waals surface area contributed by atoms with Crippen LogP contribution >= 0.6 is 0 Å². The smallest absolute Gasteiger partial charge is 0.227 e. The van der Waals surface area contributed by atoms with Gasteiger partial charge in [-0.05, 0) is 56.4 Å². The maximum atomic E-state index is 12.9. The second-order valence-electron chi connectivity index (χ2n) is 8.84. The number of carbonyl (C=O) groups excluding carboxylic acids is 1. The van der Waals surface area contributed by atoms with Gasteiger partial charge in [-0.1, -0.05) is 5.57 Å². The Hall–Kier alpha value is -2.64. The SMILES string of the molecule is COCC1(COC)CC(=O)N(C)c2cc3c4c([nH]c3cc21)/C(C)=N/N/C=C(\C)CCC4. The van der Waals surface area contributed by atoms with Crippen molar-refractivity contribution in [1.29, 1.82) is 0 Å². The van der Waals surface area contributed by atoms with Gasteiger partial charge in [-0.3, -0.25) is 10.2 Å². The van der Waals surface area contributed by atoms with Crippen molar-refractivity contribution in [3.8, 4) is 0 Å². The van der Waals surface area contributed by atoms with Crippen molar-refractivity contribution in [3.05, 3.63) is 40.7 Å². The number of rotatable bonds is 4. The lowest BCUT2D eigenvalue weighted by Crippen LogP contribution is -2.47. The van der Waals surface area contributed by atoms with E-state index in [-0.39, 0.29) is 5.91 Å². The molecule has 2 aliphatic rings. The maximum Gasteiger partial charge on any atom is 0.227 e. The predicted octanol–water partition coefficient (Wildman–Crippen LogP) is 3.62. The molecule has 0 spiro atoms. The van der Waals surface area contributed by atoms with E-state index in [9.17, 15) is 4.79 Å². The van der Waals surface area contributed by atoms with E-state index in [0.717, 1.165) is 52.8 Å². The van der Waals surface area contributed by atoms with Crippen LogP contribution in [0.3, 0.4) is 0 Å². The normalized spacial score (nSPS) is 22.1. The molecule has 1 aromatic heterocycles. The Bertz CT molecular complexity index is 1060. The van der Waals surface area contributed by atoms with Crippen molar-refractivity contribution in [1.82, 2.24) is 10.4 Å². The van der Waals surface area contributed by atoms with Crippen molar-refractivity contribution in [3.63, 3.8) is 0 Å². The number of hydrogen-bond acceptors (Lipinski definition) is 5. The highest BCUT2D eigenvalue weighted by Crippen LogP contribution is 2.44. The standard InChI is InChI=1S/C24H32N4O3/c1-15-7-6-8-17-18-9-21-19(10-20(18)26-23(17)16(2)27-25-12-15)24(13-30-4,14-31-5)11-22(29)28(21)3/h9-10,12,25-26H,6-8,11,13-14H2,1-5H3/b15-12+,27-16+. The molecule has 7 heteroatoms. The lowest BCUT2D eigenvalue weighted by Gasteiger charge is -2.41. The third kappa shape index (κ3) is 3.77. The number of aromatic nitrogens is 1. The second-order valence-corrected chi connectivity index (χ2v) is 8.84. The van der Waals surface area contributed by atoms with E-state index in [4.69, 9.17) is 9.47 Å². The lowest BCUT2D eigenvalue weighted by atomic mass is 9.74. The van der Waals surface area contributed by atoms with Crippen LogP contribution in [0.2, 0.25) is 0 Å². The summed E-state index contributed by atoms with van der Waals surface area (Å²) in [5.41, 5.74) is 10.1. The van der Waals surface area contributed by atoms with Crippen LogP contribution < -0.4 is 10.3 Å². The van der Waals surface area contributed by atoms with E-state index in [1.165, 1.54) is 11.1 Å². The van der Waals surface area contributed by atoms with E-state index in [2.05, 4.69) is 34.6 Å². The summed E-state index contributed by atoms with van der Waals surface area (Å²) in [5, 5.41) is 5.69. The van der Waals surface area contributed by atoms with Gasteiger partial charge >= 0.3 is 0 Å². The van der Waals surface area contributed by atoms with Gasteiger partial charge in [-0.2, -0.15) is 5.10 Å². The number of ether oxygens (including phenoxy) is 2. The highest BCUT2D eigenvalue weighted by Gasteiger charge is 2.43. The van der Waals surface area contributed by atoms with Crippen LogP contribution in [0, 0.1) is 0 Å². The number of carbonyl (C=O) groups is 1. The number of benzene rings is 1. The van der Waals surface area contributed by atoms with Gasteiger partial charge < -0.3 is 19.4 Å². The van der Waals surface area contributed by atoms with E-state index in [1.807, 2.05) is 20.2 Å². The number of fused-ring (bicyclic) bond motifs is 4. The molecule has 1 aromatic carbocycles. The van der Waals surface area contributed by atoms with Crippen molar-refractivity contribution in [2.45, 2.75) is 44.9 Å². The van der Waals surface area contributed by atoms with Gasteiger partial charge in [0, 0.05) is 50.5 Å². The quantitative estimate of drug-likeness (QED) is 0.786. The van der Waals surface area contributed by atoms with Crippen LogP contribution in [0.1, 0.15) is 49.9 Å². The molecule has 0 unspecified atom stereocenters. The molecule has 1 amide bonds. The minimum Gasteiger partial charge on any atom is -0.384 e. The van der Waals surface area contributed by atoms with Gasteiger partial charge in [0.05, 0.1) is 30.0 Å². The molecule has 2 N–H and O–H groups in total. The predicted molar refractivity (Wildman–Crippen MR) is 124 cm³/mol. The molecule has 0 radical (unpaired) electrons. The fourth-order valence-corrected chi connectivity index (χ4v) is 4.96. The number of aromatic amines is 1. The van der Waals surface area contributed by atoms with Gasteiger partial charge in [-0.25, -0.2) is 0 Å². The molecule has 2 aromatic rings. The highest BCUT2D eigenvalue weighted by molar-refractivity contribution is 6.06. The Kier molecular flexibility index (Phi) is 5.90. The first-order chi connectivity index (χ1) is 14.9. The molecule has 0 saturated carbocycles. The number of H-pyrrole nitrogens is 1. The van der Waals surface area contributed by atoms with Gasteiger partial charge in [0.15, 0.2) is 0 Å². The average molecular weight is 425 g/mol. The molecule has 31 heavy (non-hydrogen) atoms. The molecular weight excluding hydrogens is 392 g/mol. The summed E-state index contributed by atoms with van der Waals surface area (Å²) in [4.78, 5) is 18.3. The molecule has 0 atom stereocenters. The Labute approximate surface area is 183 Å². The summed E-state index contributed by atoms with van der Waals surface area (Å²) in [6, 6.07) is 4.34. The zero-order chi connectivity index (χ0) is 22.2.